The van der Waals surface area contributed by atoms with Gasteiger partial charge in [0.25, 0.3) is 0 Å². The maximum absolute atomic E-state index is 14.4. The molecule has 2 heterocycles. The van der Waals surface area contributed by atoms with Crippen LogP contribution in [0.15, 0.2) is 42.7 Å². The molecule has 2 aromatic rings. The van der Waals surface area contributed by atoms with Gasteiger partial charge in [0.15, 0.2) is 11.6 Å². The van der Waals surface area contributed by atoms with Gasteiger partial charge in [-0.15, -0.1) is 0 Å². The normalized spacial score (nSPS) is 23.1. The fraction of sp³-hybridized carbons (Fsp3) is 0.500. The fourth-order valence-corrected chi connectivity index (χ4v) is 4.44. The molecule has 1 aliphatic heterocycles. The first-order chi connectivity index (χ1) is 14.1. The van der Waals surface area contributed by atoms with Gasteiger partial charge in [-0.2, -0.15) is 0 Å². The van der Waals surface area contributed by atoms with Crippen LogP contribution >= 0.6 is 0 Å². The Balaban J connectivity index is 1.23. The predicted molar refractivity (Wildman–Crippen MR) is 108 cm³/mol. The van der Waals surface area contributed by atoms with E-state index in [1.807, 2.05) is 35.2 Å². The van der Waals surface area contributed by atoms with E-state index in [-0.39, 0.29) is 5.82 Å². The first kappa shape index (κ1) is 19.8. The molecule has 4 rings (SSSR count). The molecule has 1 saturated carbocycles. The standard InChI is InChI=1S/C22H28FN3O3/c23-20-15-19(24-9-1-2-10-24)7-8-21(20)29-16-17-3-5-18(6-4-17)25-11-13-26(14-12-25)22(27)28/h1-2,7-10,15,17-18H,3-6,11-14,16H2,(H,27,28). The number of amides is 1. The van der Waals surface area contributed by atoms with E-state index in [1.54, 1.807) is 6.07 Å². The molecule has 1 saturated heterocycles. The third kappa shape index (κ3) is 4.72. The molecule has 1 aliphatic carbocycles. The third-order valence-electron chi connectivity index (χ3n) is 6.21. The van der Waals surface area contributed by atoms with Gasteiger partial charge in [-0.1, -0.05) is 0 Å². The van der Waals surface area contributed by atoms with Crippen LogP contribution in [0.25, 0.3) is 5.69 Å². The summed E-state index contributed by atoms with van der Waals surface area (Å²) in [6, 6.07) is 9.42. The van der Waals surface area contributed by atoms with E-state index in [9.17, 15) is 9.18 Å². The number of rotatable bonds is 5. The van der Waals surface area contributed by atoms with Gasteiger partial charge in [0, 0.05) is 56.4 Å². The second-order valence-corrected chi connectivity index (χ2v) is 8.00. The topological polar surface area (TPSA) is 57.9 Å². The lowest BCUT2D eigenvalue weighted by molar-refractivity contribution is 0.0616. The number of aromatic nitrogens is 1. The largest absolute Gasteiger partial charge is 0.490 e. The zero-order chi connectivity index (χ0) is 20.2. The van der Waals surface area contributed by atoms with Crippen LogP contribution < -0.4 is 4.74 Å². The molecule has 0 atom stereocenters. The summed E-state index contributed by atoms with van der Waals surface area (Å²) in [5, 5.41) is 9.07. The van der Waals surface area contributed by atoms with Crippen molar-refractivity contribution in [2.45, 2.75) is 31.7 Å². The van der Waals surface area contributed by atoms with Crippen LogP contribution in [0.4, 0.5) is 9.18 Å². The van der Waals surface area contributed by atoms with E-state index >= 15 is 0 Å². The van der Waals surface area contributed by atoms with E-state index in [0.29, 0.717) is 37.4 Å². The van der Waals surface area contributed by atoms with Gasteiger partial charge in [-0.3, -0.25) is 4.90 Å². The molecular formula is C22H28FN3O3. The second kappa shape index (κ2) is 8.86. The summed E-state index contributed by atoms with van der Waals surface area (Å²) in [6.07, 6.45) is 7.26. The van der Waals surface area contributed by atoms with Crippen molar-refractivity contribution < 1.29 is 19.0 Å². The van der Waals surface area contributed by atoms with Crippen LogP contribution in [-0.2, 0) is 0 Å². The molecule has 1 aromatic heterocycles. The Labute approximate surface area is 170 Å². The van der Waals surface area contributed by atoms with Crippen LogP contribution in [0.3, 0.4) is 0 Å². The van der Waals surface area contributed by atoms with Crippen molar-refractivity contribution >= 4 is 6.09 Å². The Morgan fingerprint density at radius 3 is 2.38 bits per heavy atom. The van der Waals surface area contributed by atoms with Crippen molar-refractivity contribution in [2.75, 3.05) is 32.8 Å². The average molecular weight is 401 g/mol. The number of hydrogen-bond donors (Lipinski definition) is 1. The maximum Gasteiger partial charge on any atom is 0.407 e. The number of hydrogen-bond acceptors (Lipinski definition) is 3. The fourth-order valence-electron chi connectivity index (χ4n) is 4.44. The van der Waals surface area contributed by atoms with Crippen molar-refractivity contribution in [3.05, 3.63) is 48.5 Å². The molecular weight excluding hydrogens is 373 g/mol. The zero-order valence-electron chi connectivity index (χ0n) is 16.5. The maximum atomic E-state index is 14.4. The molecule has 6 nitrogen and oxygen atoms in total. The Morgan fingerprint density at radius 1 is 1.07 bits per heavy atom. The lowest BCUT2D eigenvalue weighted by atomic mass is 9.85. The van der Waals surface area contributed by atoms with Gasteiger partial charge >= 0.3 is 6.09 Å². The monoisotopic (exact) mass is 401 g/mol. The Morgan fingerprint density at radius 2 is 1.76 bits per heavy atom. The Hall–Kier alpha value is -2.54. The van der Waals surface area contributed by atoms with E-state index in [1.165, 1.54) is 11.0 Å². The molecule has 0 radical (unpaired) electrons. The first-order valence-corrected chi connectivity index (χ1v) is 10.4. The van der Waals surface area contributed by atoms with E-state index in [4.69, 9.17) is 9.84 Å². The second-order valence-electron chi connectivity index (χ2n) is 8.00. The summed E-state index contributed by atoms with van der Waals surface area (Å²) in [6.45, 7) is 3.36. The van der Waals surface area contributed by atoms with Gasteiger partial charge in [-0.25, -0.2) is 9.18 Å². The highest BCUT2D eigenvalue weighted by molar-refractivity contribution is 5.65. The van der Waals surface area contributed by atoms with Crippen LogP contribution in [0, 0.1) is 11.7 Å². The molecule has 0 unspecified atom stereocenters. The highest BCUT2D eigenvalue weighted by Crippen LogP contribution is 2.29. The van der Waals surface area contributed by atoms with Crippen molar-refractivity contribution in [1.29, 1.82) is 0 Å². The number of piperazine rings is 1. The summed E-state index contributed by atoms with van der Waals surface area (Å²) in [4.78, 5) is 15.0. The van der Waals surface area contributed by atoms with Crippen molar-refractivity contribution in [3.63, 3.8) is 0 Å². The predicted octanol–water partition coefficient (Wildman–Crippen LogP) is 3.85. The van der Waals surface area contributed by atoms with Crippen LogP contribution in [-0.4, -0.2) is 64.4 Å². The molecule has 1 aromatic carbocycles. The summed E-state index contributed by atoms with van der Waals surface area (Å²) < 4.78 is 22.1. The minimum Gasteiger partial charge on any atom is -0.490 e. The summed E-state index contributed by atoms with van der Waals surface area (Å²) in [5.74, 6) is 0.420. The lowest BCUT2D eigenvalue weighted by Gasteiger charge is -2.41. The van der Waals surface area contributed by atoms with Gasteiger partial charge in [0.2, 0.25) is 0 Å². The average Bonchev–Trinajstić information content (AvgIpc) is 3.28. The molecule has 0 bridgehead atoms. The number of nitrogens with zero attached hydrogens (tertiary/aromatic N) is 3. The molecule has 156 valence electrons. The molecule has 7 heteroatoms. The smallest absolute Gasteiger partial charge is 0.407 e. The van der Waals surface area contributed by atoms with Crippen LogP contribution in [0.5, 0.6) is 5.75 Å². The van der Waals surface area contributed by atoms with E-state index < -0.39 is 6.09 Å². The van der Waals surface area contributed by atoms with E-state index in [2.05, 4.69) is 4.90 Å². The van der Waals surface area contributed by atoms with Crippen molar-refractivity contribution in [3.8, 4) is 11.4 Å². The third-order valence-corrected chi connectivity index (χ3v) is 6.21. The number of ether oxygens (including phenoxy) is 1. The van der Waals surface area contributed by atoms with Gasteiger partial charge < -0.3 is 19.3 Å². The highest BCUT2D eigenvalue weighted by atomic mass is 19.1. The molecule has 1 N–H and O–H groups in total. The number of halogens is 1. The number of carboxylic acid groups (broad SMARTS) is 1. The van der Waals surface area contributed by atoms with Gasteiger partial charge in [-0.05, 0) is 55.9 Å². The molecule has 2 aliphatic rings. The summed E-state index contributed by atoms with van der Waals surface area (Å²) in [5.41, 5.74) is 0.781. The highest BCUT2D eigenvalue weighted by Gasteiger charge is 2.29. The first-order valence-electron chi connectivity index (χ1n) is 10.4. The lowest BCUT2D eigenvalue weighted by Crippen LogP contribution is -2.52. The quantitative estimate of drug-likeness (QED) is 0.827. The molecule has 29 heavy (non-hydrogen) atoms. The SMILES string of the molecule is O=C(O)N1CCN(C2CCC(COc3ccc(-n4cccc4)cc3F)CC2)CC1. The summed E-state index contributed by atoms with van der Waals surface area (Å²) in [7, 11) is 0. The molecule has 1 amide bonds. The minimum atomic E-state index is -0.820. The number of benzene rings is 1. The van der Waals surface area contributed by atoms with Crippen LogP contribution in [0.2, 0.25) is 0 Å². The molecule has 2 fully saturated rings. The number of carbonyl (C=O) groups is 1. The van der Waals surface area contributed by atoms with Crippen LogP contribution in [0.1, 0.15) is 25.7 Å². The van der Waals surface area contributed by atoms with E-state index in [0.717, 1.165) is 44.5 Å². The zero-order valence-corrected chi connectivity index (χ0v) is 16.5. The Bertz CT molecular complexity index is 811. The van der Waals surface area contributed by atoms with Gasteiger partial charge in [0.05, 0.1) is 6.61 Å². The minimum absolute atomic E-state index is 0.313. The van der Waals surface area contributed by atoms with Crippen molar-refractivity contribution in [2.24, 2.45) is 5.92 Å². The Kier molecular flexibility index (Phi) is 6.04. The van der Waals surface area contributed by atoms with Crippen molar-refractivity contribution in [1.82, 2.24) is 14.4 Å². The van der Waals surface area contributed by atoms with Gasteiger partial charge in [0.1, 0.15) is 0 Å². The molecule has 0 spiro atoms. The summed E-state index contributed by atoms with van der Waals surface area (Å²) >= 11 is 0.